The zero-order chi connectivity index (χ0) is 18.3. The van der Waals surface area contributed by atoms with Crippen molar-refractivity contribution in [3.8, 4) is 0 Å². The van der Waals surface area contributed by atoms with Crippen molar-refractivity contribution in [2.45, 2.75) is 33.1 Å². The van der Waals surface area contributed by atoms with Crippen molar-refractivity contribution in [3.05, 3.63) is 57.2 Å². The van der Waals surface area contributed by atoms with Crippen molar-refractivity contribution in [1.82, 2.24) is 20.2 Å². The number of hydrazine groups is 1. The molecule has 2 amide bonds. The highest BCUT2D eigenvalue weighted by Crippen LogP contribution is 2.32. The van der Waals surface area contributed by atoms with Crippen LogP contribution in [0.1, 0.15) is 49.6 Å². The average Bonchev–Trinajstić information content (AvgIpc) is 3.23. The van der Waals surface area contributed by atoms with Gasteiger partial charge in [-0.1, -0.05) is 13.0 Å². The van der Waals surface area contributed by atoms with Gasteiger partial charge < -0.3 is 4.40 Å². The van der Waals surface area contributed by atoms with E-state index in [4.69, 9.17) is 0 Å². The molecule has 0 saturated heterocycles. The molecule has 0 radical (unpaired) electrons. The van der Waals surface area contributed by atoms with Crippen molar-refractivity contribution in [2.75, 3.05) is 0 Å². The van der Waals surface area contributed by atoms with Gasteiger partial charge in [-0.2, -0.15) is 0 Å². The summed E-state index contributed by atoms with van der Waals surface area (Å²) in [5.74, 6) is -0.0621. The molecular formula is C19H20N4O2S. The zero-order valence-electron chi connectivity index (χ0n) is 14.7. The van der Waals surface area contributed by atoms with E-state index in [1.54, 1.807) is 6.20 Å². The Kier molecular flexibility index (Phi) is 4.24. The summed E-state index contributed by atoms with van der Waals surface area (Å²) in [4.78, 5) is 30.9. The lowest BCUT2D eigenvalue weighted by atomic mass is 9.90. The third-order valence-electron chi connectivity index (χ3n) is 4.77. The normalized spacial score (nSPS) is 16.3. The van der Waals surface area contributed by atoms with E-state index in [-0.39, 0.29) is 11.6 Å². The summed E-state index contributed by atoms with van der Waals surface area (Å²) in [6.07, 6.45) is 4.88. The Bertz CT molecular complexity index is 1000. The Labute approximate surface area is 155 Å². The van der Waals surface area contributed by atoms with Gasteiger partial charge in [-0.05, 0) is 55.9 Å². The van der Waals surface area contributed by atoms with Crippen LogP contribution in [0.4, 0.5) is 0 Å². The van der Waals surface area contributed by atoms with Crippen LogP contribution < -0.4 is 10.9 Å². The SMILES string of the molecule is Cc1cccc2nc(C(=O)NNC(=O)c3cc4c(s3)CCC(C)C4)cn12. The van der Waals surface area contributed by atoms with E-state index in [1.807, 2.05) is 35.6 Å². The minimum Gasteiger partial charge on any atom is -0.304 e. The number of thiophene rings is 1. The summed E-state index contributed by atoms with van der Waals surface area (Å²) < 4.78 is 1.84. The lowest BCUT2D eigenvalue weighted by Crippen LogP contribution is -2.41. The number of rotatable bonds is 2. The van der Waals surface area contributed by atoms with Crippen LogP contribution in [0.3, 0.4) is 0 Å². The van der Waals surface area contributed by atoms with Gasteiger partial charge in [0.25, 0.3) is 11.8 Å². The molecule has 0 saturated carbocycles. The third-order valence-corrected chi connectivity index (χ3v) is 6.01. The second-order valence-electron chi connectivity index (χ2n) is 6.84. The Morgan fingerprint density at radius 2 is 2.08 bits per heavy atom. The van der Waals surface area contributed by atoms with Crippen molar-refractivity contribution >= 4 is 28.8 Å². The Hall–Kier alpha value is -2.67. The monoisotopic (exact) mass is 368 g/mol. The molecule has 0 aliphatic heterocycles. The number of imidazole rings is 1. The van der Waals surface area contributed by atoms with E-state index in [9.17, 15) is 9.59 Å². The summed E-state index contributed by atoms with van der Waals surface area (Å²) in [5, 5.41) is 0. The number of aryl methyl sites for hydroxylation is 2. The number of nitrogens with one attached hydrogen (secondary N) is 2. The fourth-order valence-corrected chi connectivity index (χ4v) is 4.42. The minimum atomic E-state index is -0.434. The van der Waals surface area contributed by atoms with Gasteiger partial charge >= 0.3 is 0 Å². The molecule has 6 nitrogen and oxygen atoms in total. The number of carbonyl (C=O) groups excluding carboxylic acids is 2. The molecule has 0 bridgehead atoms. The quantitative estimate of drug-likeness (QED) is 0.683. The maximum absolute atomic E-state index is 12.4. The topological polar surface area (TPSA) is 75.5 Å². The number of carbonyl (C=O) groups is 2. The van der Waals surface area contributed by atoms with E-state index in [0.29, 0.717) is 16.4 Å². The predicted octanol–water partition coefficient (Wildman–Crippen LogP) is 2.90. The van der Waals surface area contributed by atoms with Crippen LogP contribution in [0.2, 0.25) is 0 Å². The van der Waals surface area contributed by atoms with Crippen LogP contribution in [0.15, 0.2) is 30.5 Å². The Morgan fingerprint density at radius 1 is 1.27 bits per heavy atom. The number of nitrogens with zero attached hydrogens (tertiary/aromatic N) is 2. The van der Waals surface area contributed by atoms with E-state index in [0.717, 1.165) is 18.5 Å². The molecule has 134 valence electrons. The first-order valence-electron chi connectivity index (χ1n) is 8.68. The fourth-order valence-electron chi connectivity index (χ4n) is 3.31. The van der Waals surface area contributed by atoms with Crippen molar-refractivity contribution in [3.63, 3.8) is 0 Å². The van der Waals surface area contributed by atoms with E-state index in [1.165, 1.54) is 28.2 Å². The maximum atomic E-state index is 12.4. The van der Waals surface area contributed by atoms with Crippen LogP contribution in [0, 0.1) is 12.8 Å². The highest BCUT2D eigenvalue weighted by Gasteiger charge is 2.21. The van der Waals surface area contributed by atoms with Gasteiger partial charge in [0, 0.05) is 16.8 Å². The van der Waals surface area contributed by atoms with Crippen LogP contribution in [-0.2, 0) is 12.8 Å². The summed E-state index contributed by atoms with van der Waals surface area (Å²) in [7, 11) is 0. The molecule has 3 aromatic heterocycles. The molecule has 0 fully saturated rings. The molecule has 0 aromatic carbocycles. The van der Waals surface area contributed by atoms with Gasteiger partial charge in [0.15, 0.2) is 0 Å². The second-order valence-corrected chi connectivity index (χ2v) is 7.97. The molecule has 1 unspecified atom stereocenters. The molecule has 1 aliphatic carbocycles. The Morgan fingerprint density at radius 3 is 2.88 bits per heavy atom. The number of aromatic nitrogens is 2. The van der Waals surface area contributed by atoms with Crippen LogP contribution >= 0.6 is 11.3 Å². The maximum Gasteiger partial charge on any atom is 0.289 e. The van der Waals surface area contributed by atoms with Crippen LogP contribution in [0.25, 0.3) is 5.65 Å². The van der Waals surface area contributed by atoms with Gasteiger partial charge in [-0.15, -0.1) is 11.3 Å². The molecule has 1 aliphatic rings. The van der Waals surface area contributed by atoms with Gasteiger partial charge in [0.05, 0.1) is 4.88 Å². The molecule has 0 spiro atoms. The van der Waals surface area contributed by atoms with Crippen molar-refractivity contribution in [1.29, 1.82) is 0 Å². The fraction of sp³-hybridized carbons (Fsp3) is 0.316. The molecular weight excluding hydrogens is 348 g/mol. The number of pyridine rings is 1. The minimum absolute atomic E-state index is 0.263. The third kappa shape index (κ3) is 3.10. The van der Waals surface area contributed by atoms with Crippen LogP contribution in [-0.4, -0.2) is 21.2 Å². The van der Waals surface area contributed by atoms with Gasteiger partial charge in [-0.3, -0.25) is 20.4 Å². The molecule has 26 heavy (non-hydrogen) atoms. The lowest BCUT2D eigenvalue weighted by Gasteiger charge is -2.16. The highest BCUT2D eigenvalue weighted by molar-refractivity contribution is 7.14. The second kappa shape index (κ2) is 6.57. The first-order chi connectivity index (χ1) is 12.5. The largest absolute Gasteiger partial charge is 0.304 e. The Balaban J connectivity index is 1.44. The van der Waals surface area contributed by atoms with E-state index < -0.39 is 5.91 Å². The average molecular weight is 368 g/mol. The molecule has 3 aromatic rings. The molecule has 3 heterocycles. The standard InChI is InChI=1S/C19H20N4O2S/c1-11-6-7-15-13(8-11)9-16(26-15)19(25)22-21-18(24)14-10-23-12(2)4-3-5-17(23)20-14/h3-5,9-11H,6-8H2,1-2H3,(H,21,24)(H,22,25). The van der Waals surface area contributed by atoms with Crippen molar-refractivity contribution < 1.29 is 9.59 Å². The van der Waals surface area contributed by atoms with Gasteiger partial charge in [-0.25, -0.2) is 4.98 Å². The first kappa shape index (κ1) is 16.8. The number of amides is 2. The van der Waals surface area contributed by atoms with E-state index >= 15 is 0 Å². The molecule has 4 rings (SSSR count). The van der Waals surface area contributed by atoms with Gasteiger partial charge in [0.2, 0.25) is 0 Å². The van der Waals surface area contributed by atoms with E-state index in [2.05, 4.69) is 22.8 Å². The summed E-state index contributed by atoms with van der Waals surface area (Å²) in [5.41, 5.74) is 8.16. The summed E-state index contributed by atoms with van der Waals surface area (Å²) >= 11 is 1.52. The highest BCUT2D eigenvalue weighted by atomic mass is 32.1. The van der Waals surface area contributed by atoms with Gasteiger partial charge in [0.1, 0.15) is 11.3 Å². The summed E-state index contributed by atoms with van der Waals surface area (Å²) in [6, 6.07) is 7.61. The lowest BCUT2D eigenvalue weighted by molar-refractivity contribution is 0.0846. The van der Waals surface area contributed by atoms with Crippen molar-refractivity contribution in [2.24, 2.45) is 5.92 Å². The molecule has 1 atom stereocenters. The first-order valence-corrected chi connectivity index (χ1v) is 9.50. The number of fused-ring (bicyclic) bond motifs is 2. The number of hydrogen-bond donors (Lipinski definition) is 2. The summed E-state index contributed by atoms with van der Waals surface area (Å²) in [6.45, 7) is 4.18. The predicted molar refractivity (Wildman–Crippen MR) is 100 cm³/mol. The molecule has 2 N–H and O–H groups in total. The zero-order valence-corrected chi connectivity index (χ0v) is 15.5. The van der Waals surface area contributed by atoms with Crippen LogP contribution in [0.5, 0.6) is 0 Å². The molecule has 7 heteroatoms. The smallest absolute Gasteiger partial charge is 0.289 e. The number of hydrogen-bond acceptors (Lipinski definition) is 4.